The molecule has 5 nitrogen and oxygen atoms in total. The Hall–Kier alpha value is -1.14. The highest BCUT2D eigenvalue weighted by molar-refractivity contribution is 9.10. The minimum atomic E-state index is -0.377. The standard InChI is InChI=1S/C12H17BrN2O3/c1-8-6-11(14-9(2)4-5-18-3)10(13)7-12(8)15(16)17/h6-7,9,14H,4-5H2,1-3H3. The fourth-order valence-electron chi connectivity index (χ4n) is 1.61. The molecular weight excluding hydrogens is 300 g/mol. The van der Waals surface area contributed by atoms with Crippen LogP contribution in [-0.2, 0) is 4.74 Å². The van der Waals surface area contributed by atoms with Crippen molar-refractivity contribution in [2.75, 3.05) is 19.0 Å². The zero-order chi connectivity index (χ0) is 13.7. The number of halogens is 1. The smallest absolute Gasteiger partial charge is 0.273 e. The first-order valence-corrected chi connectivity index (χ1v) is 6.45. The summed E-state index contributed by atoms with van der Waals surface area (Å²) in [6.07, 6.45) is 0.874. The van der Waals surface area contributed by atoms with Crippen molar-refractivity contribution in [1.29, 1.82) is 0 Å². The number of rotatable bonds is 6. The normalized spacial score (nSPS) is 12.2. The van der Waals surface area contributed by atoms with Crippen molar-refractivity contribution in [3.05, 3.63) is 32.3 Å². The number of nitro groups is 1. The number of benzene rings is 1. The van der Waals surface area contributed by atoms with Gasteiger partial charge in [-0.15, -0.1) is 0 Å². The van der Waals surface area contributed by atoms with Crippen LogP contribution in [0.1, 0.15) is 18.9 Å². The Kier molecular flexibility index (Phi) is 5.55. The Morgan fingerprint density at radius 1 is 1.56 bits per heavy atom. The average Bonchev–Trinajstić information content (AvgIpc) is 2.30. The van der Waals surface area contributed by atoms with Crippen LogP contribution in [0.2, 0.25) is 0 Å². The largest absolute Gasteiger partial charge is 0.385 e. The van der Waals surface area contributed by atoms with E-state index in [1.165, 1.54) is 6.07 Å². The molecule has 1 aromatic rings. The molecular formula is C12H17BrN2O3. The third-order valence-corrected chi connectivity index (χ3v) is 3.30. The molecule has 1 atom stereocenters. The summed E-state index contributed by atoms with van der Waals surface area (Å²) in [7, 11) is 1.67. The molecule has 6 heteroatoms. The van der Waals surface area contributed by atoms with E-state index < -0.39 is 0 Å². The van der Waals surface area contributed by atoms with Crippen molar-refractivity contribution >= 4 is 27.3 Å². The Labute approximate surface area is 115 Å². The molecule has 0 aliphatic carbocycles. The Morgan fingerprint density at radius 3 is 2.78 bits per heavy atom. The highest BCUT2D eigenvalue weighted by Gasteiger charge is 2.15. The van der Waals surface area contributed by atoms with Crippen molar-refractivity contribution in [3.8, 4) is 0 Å². The molecule has 0 saturated carbocycles. The van der Waals surface area contributed by atoms with Gasteiger partial charge in [0.2, 0.25) is 0 Å². The summed E-state index contributed by atoms with van der Waals surface area (Å²) in [5.74, 6) is 0. The first-order chi connectivity index (χ1) is 8.45. The van der Waals surface area contributed by atoms with Crippen LogP contribution in [0.3, 0.4) is 0 Å². The van der Waals surface area contributed by atoms with Gasteiger partial charge in [0.05, 0.1) is 4.92 Å². The third kappa shape index (κ3) is 3.96. The van der Waals surface area contributed by atoms with E-state index in [0.717, 1.165) is 12.1 Å². The van der Waals surface area contributed by atoms with Crippen LogP contribution in [0.4, 0.5) is 11.4 Å². The molecule has 1 N–H and O–H groups in total. The fraction of sp³-hybridized carbons (Fsp3) is 0.500. The van der Waals surface area contributed by atoms with E-state index in [-0.39, 0.29) is 16.7 Å². The first kappa shape index (κ1) is 14.9. The van der Waals surface area contributed by atoms with Gasteiger partial charge in [-0.25, -0.2) is 0 Å². The highest BCUT2D eigenvalue weighted by Crippen LogP contribution is 2.31. The maximum Gasteiger partial charge on any atom is 0.273 e. The quantitative estimate of drug-likeness (QED) is 0.644. The molecule has 0 saturated heterocycles. The molecule has 0 bridgehead atoms. The maximum absolute atomic E-state index is 10.8. The van der Waals surface area contributed by atoms with E-state index in [4.69, 9.17) is 4.74 Å². The Morgan fingerprint density at radius 2 is 2.22 bits per heavy atom. The molecule has 18 heavy (non-hydrogen) atoms. The number of hydrogen-bond donors (Lipinski definition) is 1. The van der Waals surface area contributed by atoms with Crippen molar-refractivity contribution < 1.29 is 9.66 Å². The van der Waals surface area contributed by atoms with E-state index in [9.17, 15) is 10.1 Å². The van der Waals surface area contributed by atoms with Crippen molar-refractivity contribution in [3.63, 3.8) is 0 Å². The molecule has 0 spiro atoms. The molecule has 0 heterocycles. The lowest BCUT2D eigenvalue weighted by atomic mass is 10.1. The number of nitrogens with one attached hydrogen (secondary N) is 1. The second-order valence-electron chi connectivity index (χ2n) is 4.20. The van der Waals surface area contributed by atoms with Gasteiger partial charge in [-0.3, -0.25) is 10.1 Å². The molecule has 1 unspecified atom stereocenters. The van der Waals surface area contributed by atoms with E-state index in [1.807, 2.05) is 6.92 Å². The van der Waals surface area contributed by atoms with Crippen LogP contribution in [0.25, 0.3) is 0 Å². The van der Waals surface area contributed by atoms with Crippen LogP contribution in [0.5, 0.6) is 0 Å². The summed E-state index contributed by atoms with van der Waals surface area (Å²) in [6, 6.07) is 3.55. The zero-order valence-electron chi connectivity index (χ0n) is 10.7. The SMILES string of the molecule is COCCC(C)Nc1cc(C)c([N+](=O)[O-])cc1Br. The average molecular weight is 317 g/mol. The number of nitro benzene ring substituents is 1. The minimum absolute atomic E-state index is 0.122. The summed E-state index contributed by atoms with van der Waals surface area (Å²) >= 11 is 3.35. The Balaban J connectivity index is 2.84. The number of aryl methyl sites for hydroxylation is 1. The molecule has 0 fully saturated rings. The van der Waals surface area contributed by atoms with Gasteiger partial charge in [0.1, 0.15) is 0 Å². The lowest BCUT2D eigenvalue weighted by molar-refractivity contribution is -0.385. The molecule has 0 aliphatic heterocycles. The van der Waals surface area contributed by atoms with Crippen molar-refractivity contribution in [2.45, 2.75) is 26.3 Å². The first-order valence-electron chi connectivity index (χ1n) is 5.65. The lowest BCUT2D eigenvalue weighted by Crippen LogP contribution is -2.17. The number of ether oxygens (including phenoxy) is 1. The van der Waals surface area contributed by atoms with Crippen LogP contribution in [0.15, 0.2) is 16.6 Å². The summed E-state index contributed by atoms with van der Waals surface area (Å²) < 4.78 is 5.71. The number of nitrogens with zero attached hydrogens (tertiary/aromatic N) is 1. The van der Waals surface area contributed by atoms with E-state index in [2.05, 4.69) is 21.2 Å². The van der Waals surface area contributed by atoms with Crippen LogP contribution < -0.4 is 5.32 Å². The van der Waals surface area contributed by atoms with Crippen LogP contribution in [-0.4, -0.2) is 24.7 Å². The minimum Gasteiger partial charge on any atom is -0.385 e. The summed E-state index contributed by atoms with van der Waals surface area (Å²) in [6.45, 7) is 4.45. The predicted octanol–water partition coefficient (Wildman–Crippen LogP) is 3.50. The third-order valence-electron chi connectivity index (χ3n) is 2.64. The zero-order valence-corrected chi connectivity index (χ0v) is 12.3. The molecule has 0 radical (unpaired) electrons. The van der Waals surface area contributed by atoms with Crippen LogP contribution >= 0.6 is 15.9 Å². The predicted molar refractivity (Wildman–Crippen MR) is 75.1 cm³/mol. The molecule has 0 aliphatic rings. The monoisotopic (exact) mass is 316 g/mol. The van der Waals surface area contributed by atoms with E-state index >= 15 is 0 Å². The number of hydrogen-bond acceptors (Lipinski definition) is 4. The van der Waals surface area contributed by atoms with Gasteiger partial charge in [-0.1, -0.05) is 0 Å². The molecule has 1 aromatic carbocycles. The van der Waals surface area contributed by atoms with Gasteiger partial charge >= 0.3 is 0 Å². The maximum atomic E-state index is 10.8. The van der Waals surface area contributed by atoms with Crippen molar-refractivity contribution in [2.24, 2.45) is 0 Å². The van der Waals surface area contributed by atoms with E-state index in [1.54, 1.807) is 20.1 Å². The van der Waals surface area contributed by atoms with Gasteiger partial charge in [-0.2, -0.15) is 0 Å². The number of anilines is 1. The molecule has 0 amide bonds. The van der Waals surface area contributed by atoms with Crippen molar-refractivity contribution in [1.82, 2.24) is 0 Å². The van der Waals surface area contributed by atoms with Gasteiger partial charge in [-0.05, 0) is 42.3 Å². The van der Waals surface area contributed by atoms with Gasteiger partial charge < -0.3 is 10.1 Å². The lowest BCUT2D eigenvalue weighted by Gasteiger charge is -2.16. The van der Waals surface area contributed by atoms with E-state index in [0.29, 0.717) is 16.6 Å². The topological polar surface area (TPSA) is 64.4 Å². The second-order valence-corrected chi connectivity index (χ2v) is 5.06. The molecule has 100 valence electrons. The molecule has 1 rings (SSSR count). The summed E-state index contributed by atoms with van der Waals surface area (Å²) in [5, 5.41) is 14.1. The van der Waals surface area contributed by atoms with Gasteiger partial charge in [0.25, 0.3) is 5.69 Å². The Bertz CT molecular complexity index is 438. The number of methoxy groups -OCH3 is 1. The fourth-order valence-corrected chi connectivity index (χ4v) is 2.06. The highest BCUT2D eigenvalue weighted by atomic mass is 79.9. The van der Waals surface area contributed by atoms with Gasteiger partial charge in [0, 0.05) is 41.5 Å². The van der Waals surface area contributed by atoms with Gasteiger partial charge in [0.15, 0.2) is 0 Å². The molecule has 0 aromatic heterocycles. The summed E-state index contributed by atoms with van der Waals surface area (Å²) in [5.41, 5.74) is 1.63. The second kappa shape index (κ2) is 6.70. The summed E-state index contributed by atoms with van der Waals surface area (Å²) in [4.78, 5) is 10.4. The van der Waals surface area contributed by atoms with Crippen LogP contribution in [0, 0.1) is 17.0 Å².